The quantitative estimate of drug-likeness (QED) is 0.893. The highest BCUT2D eigenvalue weighted by Crippen LogP contribution is 2.47. The molecule has 0 radical (unpaired) electrons. The second-order valence-corrected chi connectivity index (χ2v) is 6.54. The molecule has 1 atom stereocenters. The van der Waals surface area contributed by atoms with Crippen molar-refractivity contribution in [3.05, 3.63) is 34.9 Å². The van der Waals surface area contributed by atoms with Crippen LogP contribution in [0.5, 0.6) is 0 Å². The van der Waals surface area contributed by atoms with Gasteiger partial charge in [0.15, 0.2) is 0 Å². The van der Waals surface area contributed by atoms with Gasteiger partial charge in [0.2, 0.25) is 5.91 Å². The van der Waals surface area contributed by atoms with E-state index in [1.807, 2.05) is 24.3 Å². The van der Waals surface area contributed by atoms with E-state index in [1.54, 1.807) is 11.8 Å². The average molecular weight is 322 g/mol. The van der Waals surface area contributed by atoms with Gasteiger partial charge in [0.25, 0.3) is 0 Å². The minimum Gasteiger partial charge on any atom is -0.353 e. The van der Waals surface area contributed by atoms with Gasteiger partial charge in [0.05, 0.1) is 0 Å². The Morgan fingerprint density at radius 1 is 1.41 bits per heavy atom. The molecule has 2 N–H and O–H groups in total. The summed E-state index contributed by atoms with van der Waals surface area (Å²) in [7, 11) is 0. The van der Waals surface area contributed by atoms with Crippen LogP contribution in [0.15, 0.2) is 24.3 Å². The SMILES string of the molecule is CC1C(=O)NCCN1C(=O)NCC1(c2ccc(Cl)cc2)CC1. The molecule has 0 spiro atoms. The predicted octanol–water partition coefficient (Wildman–Crippen LogP) is 1.90. The first kappa shape index (κ1) is 15.2. The lowest BCUT2D eigenvalue weighted by molar-refractivity contribution is -0.126. The molecule has 1 heterocycles. The van der Waals surface area contributed by atoms with Crippen molar-refractivity contribution >= 4 is 23.5 Å². The zero-order valence-corrected chi connectivity index (χ0v) is 13.3. The lowest BCUT2D eigenvalue weighted by Gasteiger charge is -2.33. The summed E-state index contributed by atoms with van der Waals surface area (Å²) in [4.78, 5) is 25.6. The van der Waals surface area contributed by atoms with Crippen LogP contribution < -0.4 is 10.6 Å². The summed E-state index contributed by atoms with van der Waals surface area (Å²) >= 11 is 5.93. The van der Waals surface area contributed by atoms with Crippen molar-refractivity contribution in [2.45, 2.75) is 31.2 Å². The van der Waals surface area contributed by atoms with Crippen LogP contribution in [0, 0.1) is 0 Å². The second kappa shape index (κ2) is 5.80. The number of hydrogen-bond acceptors (Lipinski definition) is 2. The first-order valence-electron chi connectivity index (χ1n) is 7.60. The molecular weight excluding hydrogens is 302 g/mol. The third kappa shape index (κ3) is 2.90. The molecule has 0 aromatic heterocycles. The maximum absolute atomic E-state index is 12.3. The van der Waals surface area contributed by atoms with Crippen molar-refractivity contribution in [1.29, 1.82) is 0 Å². The van der Waals surface area contributed by atoms with Gasteiger partial charge < -0.3 is 15.5 Å². The number of piperazine rings is 1. The minimum atomic E-state index is -0.417. The zero-order chi connectivity index (χ0) is 15.7. The highest BCUT2D eigenvalue weighted by Gasteiger charge is 2.44. The topological polar surface area (TPSA) is 61.4 Å². The predicted molar refractivity (Wildman–Crippen MR) is 84.9 cm³/mol. The first-order chi connectivity index (χ1) is 10.5. The summed E-state index contributed by atoms with van der Waals surface area (Å²) in [5.74, 6) is -0.0970. The van der Waals surface area contributed by atoms with E-state index in [0.29, 0.717) is 19.6 Å². The molecule has 1 aliphatic heterocycles. The van der Waals surface area contributed by atoms with Gasteiger partial charge in [0.1, 0.15) is 6.04 Å². The smallest absolute Gasteiger partial charge is 0.318 e. The number of amides is 3. The fourth-order valence-electron chi connectivity index (χ4n) is 2.93. The fourth-order valence-corrected chi connectivity index (χ4v) is 3.05. The molecule has 1 saturated heterocycles. The van der Waals surface area contributed by atoms with Gasteiger partial charge >= 0.3 is 6.03 Å². The van der Waals surface area contributed by atoms with Crippen LogP contribution in [-0.4, -0.2) is 42.5 Å². The number of carbonyl (C=O) groups excluding carboxylic acids is 2. The molecule has 3 rings (SSSR count). The van der Waals surface area contributed by atoms with Crippen LogP contribution in [0.4, 0.5) is 4.79 Å². The Morgan fingerprint density at radius 3 is 2.73 bits per heavy atom. The highest BCUT2D eigenvalue weighted by atomic mass is 35.5. The van der Waals surface area contributed by atoms with Crippen LogP contribution in [0.1, 0.15) is 25.3 Å². The lowest BCUT2D eigenvalue weighted by Crippen LogP contribution is -2.58. The average Bonchev–Trinajstić information content (AvgIpc) is 3.29. The maximum Gasteiger partial charge on any atom is 0.318 e. The third-order valence-electron chi connectivity index (χ3n) is 4.65. The molecule has 1 saturated carbocycles. The maximum atomic E-state index is 12.3. The van der Waals surface area contributed by atoms with Crippen molar-refractivity contribution in [3.8, 4) is 0 Å². The molecule has 118 valence electrons. The zero-order valence-electron chi connectivity index (χ0n) is 12.6. The van der Waals surface area contributed by atoms with E-state index < -0.39 is 6.04 Å². The Bertz CT molecular complexity index is 584. The van der Waals surface area contributed by atoms with Crippen LogP contribution in [0.2, 0.25) is 5.02 Å². The second-order valence-electron chi connectivity index (χ2n) is 6.11. The molecular formula is C16H20ClN3O2. The lowest BCUT2D eigenvalue weighted by atomic mass is 9.96. The summed E-state index contributed by atoms with van der Waals surface area (Å²) in [6.07, 6.45) is 2.12. The standard InChI is InChI=1S/C16H20ClN3O2/c1-11-14(21)18-8-9-20(11)15(22)19-10-16(6-7-16)12-2-4-13(17)5-3-12/h2-5,11H,6-10H2,1H3,(H,18,21)(H,19,22). The minimum absolute atomic E-state index is 0.0293. The van der Waals surface area contributed by atoms with E-state index in [2.05, 4.69) is 10.6 Å². The molecule has 1 aromatic rings. The Morgan fingerprint density at radius 2 is 2.09 bits per heavy atom. The molecule has 3 amide bonds. The Balaban J connectivity index is 1.61. The van der Waals surface area contributed by atoms with E-state index in [-0.39, 0.29) is 17.4 Å². The Hall–Kier alpha value is -1.75. The number of nitrogens with one attached hydrogen (secondary N) is 2. The van der Waals surface area contributed by atoms with Crippen molar-refractivity contribution in [3.63, 3.8) is 0 Å². The largest absolute Gasteiger partial charge is 0.353 e. The first-order valence-corrected chi connectivity index (χ1v) is 7.98. The van der Waals surface area contributed by atoms with E-state index in [9.17, 15) is 9.59 Å². The highest BCUT2D eigenvalue weighted by molar-refractivity contribution is 6.30. The molecule has 1 aromatic carbocycles. The number of rotatable bonds is 3. The summed E-state index contributed by atoms with van der Waals surface area (Å²) in [6.45, 7) is 3.41. The van der Waals surface area contributed by atoms with Gasteiger partial charge in [-0.15, -0.1) is 0 Å². The van der Waals surface area contributed by atoms with Crippen LogP contribution >= 0.6 is 11.6 Å². The van der Waals surface area contributed by atoms with E-state index >= 15 is 0 Å². The molecule has 6 heteroatoms. The number of nitrogens with zero attached hydrogens (tertiary/aromatic N) is 1. The fraction of sp³-hybridized carbons (Fsp3) is 0.500. The van der Waals surface area contributed by atoms with Crippen molar-refractivity contribution in [2.24, 2.45) is 0 Å². The van der Waals surface area contributed by atoms with Gasteiger partial charge in [-0.2, -0.15) is 0 Å². The van der Waals surface area contributed by atoms with E-state index in [4.69, 9.17) is 11.6 Å². The molecule has 1 unspecified atom stereocenters. The molecule has 22 heavy (non-hydrogen) atoms. The normalized spacial score (nSPS) is 22.9. The number of urea groups is 1. The number of halogens is 1. The van der Waals surface area contributed by atoms with Gasteiger partial charge in [-0.05, 0) is 37.5 Å². The van der Waals surface area contributed by atoms with Crippen LogP contribution in [0.3, 0.4) is 0 Å². The van der Waals surface area contributed by atoms with Gasteiger partial charge in [-0.25, -0.2) is 4.79 Å². The van der Waals surface area contributed by atoms with Gasteiger partial charge in [-0.1, -0.05) is 23.7 Å². The number of hydrogen-bond donors (Lipinski definition) is 2. The van der Waals surface area contributed by atoms with Gasteiger partial charge in [0, 0.05) is 30.1 Å². The Kier molecular flexibility index (Phi) is 4.00. The van der Waals surface area contributed by atoms with Crippen molar-refractivity contribution in [1.82, 2.24) is 15.5 Å². The van der Waals surface area contributed by atoms with Crippen molar-refractivity contribution < 1.29 is 9.59 Å². The number of carbonyl (C=O) groups is 2. The molecule has 2 fully saturated rings. The summed E-state index contributed by atoms with van der Waals surface area (Å²) in [6, 6.07) is 7.24. The molecule has 1 aliphatic carbocycles. The molecule has 5 nitrogen and oxygen atoms in total. The van der Waals surface area contributed by atoms with Crippen LogP contribution in [-0.2, 0) is 10.2 Å². The molecule has 2 aliphatic rings. The summed E-state index contributed by atoms with van der Waals surface area (Å²) in [5.41, 5.74) is 1.24. The summed E-state index contributed by atoms with van der Waals surface area (Å²) < 4.78 is 0. The monoisotopic (exact) mass is 321 g/mol. The Labute approximate surface area is 135 Å². The van der Waals surface area contributed by atoms with Gasteiger partial charge in [-0.3, -0.25) is 4.79 Å². The molecule has 0 bridgehead atoms. The van der Waals surface area contributed by atoms with Crippen LogP contribution in [0.25, 0.3) is 0 Å². The summed E-state index contributed by atoms with van der Waals surface area (Å²) in [5, 5.41) is 6.47. The van der Waals surface area contributed by atoms with E-state index in [0.717, 1.165) is 17.9 Å². The third-order valence-corrected chi connectivity index (χ3v) is 4.90. The van der Waals surface area contributed by atoms with Crippen molar-refractivity contribution in [2.75, 3.05) is 19.6 Å². The number of benzene rings is 1. The van der Waals surface area contributed by atoms with E-state index in [1.165, 1.54) is 5.56 Å².